The van der Waals surface area contributed by atoms with Crippen molar-refractivity contribution in [2.24, 2.45) is 11.7 Å². The predicted molar refractivity (Wildman–Crippen MR) is 131 cm³/mol. The van der Waals surface area contributed by atoms with Gasteiger partial charge in [0, 0.05) is 29.9 Å². The lowest BCUT2D eigenvalue weighted by Crippen LogP contribution is -2.54. The van der Waals surface area contributed by atoms with Crippen LogP contribution in [0.15, 0.2) is 30.5 Å². The molecule has 0 aliphatic rings. The molecule has 0 bridgehead atoms. The van der Waals surface area contributed by atoms with Gasteiger partial charge >= 0.3 is 11.9 Å². The van der Waals surface area contributed by atoms with Gasteiger partial charge in [0.2, 0.25) is 17.7 Å². The lowest BCUT2D eigenvalue weighted by atomic mass is 9.99. The molecule has 0 saturated heterocycles. The quantitative estimate of drug-likeness (QED) is 0.188. The number of amides is 3. The number of hydrogen-bond acceptors (Lipinski definition) is 6. The fourth-order valence-electron chi connectivity index (χ4n) is 3.57. The highest BCUT2D eigenvalue weighted by Gasteiger charge is 2.28. The highest BCUT2D eigenvalue weighted by Crippen LogP contribution is 2.19. The fraction of sp³-hybridized carbons (Fsp3) is 0.458. The molecule has 2 aromatic rings. The van der Waals surface area contributed by atoms with Crippen molar-refractivity contribution in [1.82, 2.24) is 20.9 Å². The standard InChI is InChI=1S/C24H33N5O7/c1-3-13(2)21(25)23(34)27-12-19(30)28-18(10-14-11-26-16-7-5-4-6-15(14)16)22(33)29-17(24(35)36)8-9-20(31)32/h4-7,11,13,17-18,21,26H,3,8-10,12,25H2,1-2H3,(H,27,34)(H,28,30)(H,29,33)(H,31,32)(H,35,36). The molecule has 0 aliphatic carbocycles. The molecule has 0 radical (unpaired) electrons. The maximum Gasteiger partial charge on any atom is 0.326 e. The monoisotopic (exact) mass is 503 g/mol. The molecule has 0 aliphatic heterocycles. The van der Waals surface area contributed by atoms with E-state index in [-0.39, 0.29) is 18.8 Å². The van der Waals surface area contributed by atoms with Gasteiger partial charge in [-0.25, -0.2) is 4.79 Å². The van der Waals surface area contributed by atoms with Crippen LogP contribution in [0.1, 0.15) is 38.7 Å². The highest BCUT2D eigenvalue weighted by molar-refractivity contribution is 5.93. The number of carboxylic acids is 2. The molecule has 1 heterocycles. The summed E-state index contributed by atoms with van der Waals surface area (Å²) in [4.78, 5) is 63.3. The van der Waals surface area contributed by atoms with Crippen molar-refractivity contribution in [3.63, 3.8) is 0 Å². The van der Waals surface area contributed by atoms with Crippen LogP contribution in [0.5, 0.6) is 0 Å². The van der Waals surface area contributed by atoms with E-state index in [9.17, 15) is 29.1 Å². The number of hydrogen-bond donors (Lipinski definition) is 7. The van der Waals surface area contributed by atoms with Crippen LogP contribution in [0, 0.1) is 5.92 Å². The Balaban J connectivity index is 2.16. The first-order valence-electron chi connectivity index (χ1n) is 11.7. The zero-order valence-corrected chi connectivity index (χ0v) is 20.2. The Hall–Kier alpha value is -3.93. The summed E-state index contributed by atoms with van der Waals surface area (Å²) in [5.41, 5.74) is 7.39. The molecule has 3 amide bonds. The summed E-state index contributed by atoms with van der Waals surface area (Å²) in [7, 11) is 0. The third-order valence-corrected chi connectivity index (χ3v) is 6.00. The molecule has 1 aromatic heterocycles. The van der Waals surface area contributed by atoms with E-state index in [1.807, 2.05) is 38.1 Å². The average Bonchev–Trinajstić information content (AvgIpc) is 3.25. The molecule has 12 nitrogen and oxygen atoms in total. The summed E-state index contributed by atoms with van der Waals surface area (Å²) in [5, 5.41) is 26.4. The SMILES string of the molecule is CCC(C)C(N)C(=O)NCC(=O)NC(Cc1c[nH]c2ccccc12)C(=O)NC(CCC(=O)O)C(=O)O. The Morgan fingerprint density at radius 1 is 1.03 bits per heavy atom. The first-order chi connectivity index (χ1) is 17.0. The first kappa shape index (κ1) is 28.3. The topological polar surface area (TPSA) is 204 Å². The van der Waals surface area contributed by atoms with Gasteiger partial charge in [-0.1, -0.05) is 38.5 Å². The molecule has 2 rings (SSSR count). The summed E-state index contributed by atoms with van der Waals surface area (Å²) >= 11 is 0. The van der Waals surface area contributed by atoms with Gasteiger partial charge in [0.25, 0.3) is 0 Å². The van der Waals surface area contributed by atoms with Crippen molar-refractivity contribution >= 4 is 40.6 Å². The van der Waals surface area contributed by atoms with Crippen molar-refractivity contribution in [1.29, 1.82) is 0 Å². The van der Waals surface area contributed by atoms with Crippen LogP contribution < -0.4 is 21.7 Å². The molecule has 0 spiro atoms. The number of carboxylic acid groups (broad SMARTS) is 2. The Bertz CT molecular complexity index is 1100. The minimum atomic E-state index is -1.45. The smallest absolute Gasteiger partial charge is 0.326 e. The molecular formula is C24H33N5O7. The second-order valence-corrected chi connectivity index (χ2v) is 8.64. The summed E-state index contributed by atoms with van der Waals surface area (Å²) in [6, 6.07) is 3.89. The van der Waals surface area contributed by atoms with Crippen LogP contribution >= 0.6 is 0 Å². The summed E-state index contributed by atoms with van der Waals surface area (Å²) in [5.74, 6) is -4.66. The molecule has 36 heavy (non-hydrogen) atoms. The number of carbonyl (C=O) groups excluding carboxylic acids is 3. The lowest BCUT2D eigenvalue weighted by Gasteiger charge is -2.22. The number of nitrogens with one attached hydrogen (secondary N) is 4. The second-order valence-electron chi connectivity index (χ2n) is 8.64. The summed E-state index contributed by atoms with van der Waals surface area (Å²) in [6.07, 6.45) is 1.60. The highest BCUT2D eigenvalue weighted by atomic mass is 16.4. The van der Waals surface area contributed by atoms with Gasteiger partial charge in [-0.2, -0.15) is 0 Å². The number of para-hydroxylation sites is 1. The van der Waals surface area contributed by atoms with Gasteiger partial charge in [0.1, 0.15) is 12.1 Å². The molecular weight excluding hydrogens is 470 g/mol. The van der Waals surface area contributed by atoms with Gasteiger partial charge < -0.3 is 36.9 Å². The van der Waals surface area contributed by atoms with E-state index in [2.05, 4.69) is 20.9 Å². The zero-order valence-electron chi connectivity index (χ0n) is 20.2. The van der Waals surface area contributed by atoms with Crippen molar-refractivity contribution in [3.8, 4) is 0 Å². The Labute approximate surface area is 208 Å². The molecule has 4 unspecified atom stereocenters. The largest absolute Gasteiger partial charge is 0.481 e. The Morgan fingerprint density at radius 3 is 2.36 bits per heavy atom. The van der Waals surface area contributed by atoms with Crippen LogP contribution in [-0.2, 0) is 30.4 Å². The maximum atomic E-state index is 13.0. The molecule has 1 aromatic carbocycles. The number of aromatic amines is 1. The van der Waals surface area contributed by atoms with Crippen molar-refractivity contribution < 1.29 is 34.2 Å². The minimum Gasteiger partial charge on any atom is -0.481 e. The zero-order chi connectivity index (χ0) is 26.8. The fourth-order valence-corrected chi connectivity index (χ4v) is 3.57. The van der Waals surface area contributed by atoms with E-state index in [0.717, 1.165) is 10.9 Å². The number of H-pyrrole nitrogens is 1. The van der Waals surface area contributed by atoms with E-state index in [0.29, 0.717) is 12.0 Å². The first-order valence-corrected chi connectivity index (χ1v) is 11.7. The molecule has 0 fully saturated rings. The minimum absolute atomic E-state index is 0.0210. The number of nitrogens with two attached hydrogens (primary N) is 1. The van der Waals surface area contributed by atoms with Crippen LogP contribution in [-0.4, -0.2) is 69.5 Å². The Morgan fingerprint density at radius 2 is 1.72 bits per heavy atom. The van der Waals surface area contributed by atoms with Crippen molar-refractivity contribution in [2.75, 3.05) is 6.54 Å². The van der Waals surface area contributed by atoms with E-state index >= 15 is 0 Å². The van der Waals surface area contributed by atoms with Crippen molar-refractivity contribution in [2.45, 2.75) is 57.7 Å². The number of carbonyl (C=O) groups is 5. The van der Waals surface area contributed by atoms with Crippen LogP contribution in [0.4, 0.5) is 0 Å². The Kier molecular flexibility index (Phi) is 10.4. The van der Waals surface area contributed by atoms with E-state index in [1.54, 1.807) is 6.20 Å². The van der Waals surface area contributed by atoms with E-state index < -0.39 is 60.8 Å². The van der Waals surface area contributed by atoms with Gasteiger partial charge in [-0.3, -0.25) is 19.2 Å². The molecule has 4 atom stereocenters. The second kappa shape index (κ2) is 13.2. The third-order valence-electron chi connectivity index (χ3n) is 6.00. The van der Waals surface area contributed by atoms with Gasteiger partial charge in [-0.15, -0.1) is 0 Å². The van der Waals surface area contributed by atoms with E-state index in [1.165, 1.54) is 0 Å². The van der Waals surface area contributed by atoms with Crippen molar-refractivity contribution in [3.05, 3.63) is 36.0 Å². The number of benzene rings is 1. The predicted octanol–water partition coefficient (Wildman–Crippen LogP) is 0.119. The lowest BCUT2D eigenvalue weighted by molar-refractivity contribution is -0.143. The van der Waals surface area contributed by atoms with E-state index in [4.69, 9.17) is 10.8 Å². The number of fused-ring (bicyclic) bond motifs is 1. The summed E-state index contributed by atoms with van der Waals surface area (Å²) in [6.45, 7) is 3.27. The normalized spacial score (nSPS) is 14.3. The van der Waals surface area contributed by atoms with Gasteiger partial charge in [0.15, 0.2) is 0 Å². The summed E-state index contributed by atoms with van der Waals surface area (Å²) < 4.78 is 0. The molecule has 196 valence electrons. The van der Waals surface area contributed by atoms with Crippen LogP contribution in [0.25, 0.3) is 10.9 Å². The molecule has 8 N–H and O–H groups in total. The number of rotatable bonds is 14. The van der Waals surface area contributed by atoms with Crippen LogP contribution in [0.2, 0.25) is 0 Å². The maximum absolute atomic E-state index is 13.0. The average molecular weight is 504 g/mol. The molecule has 12 heteroatoms. The number of aromatic nitrogens is 1. The third kappa shape index (κ3) is 8.08. The number of aliphatic carboxylic acids is 2. The van der Waals surface area contributed by atoms with Gasteiger partial charge in [0.05, 0.1) is 12.6 Å². The molecule has 0 saturated carbocycles. The van der Waals surface area contributed by atoms with Gasteiger partial charge in [-0.05, 0) is 24.0 Å². The van der Waals surface area contributed by atoms with Crippen LogP contribution in [0.3, 0.4) is 0 Å².